The van der Waals surface area contributed by atoms with Gasteiger partial charge in [-0.3, -0.25) is 4.79 Å². The Bertz CT molecular complexity index is 944. The molecule has 0 aliphatic rings. The van der Waals surface area contributed by atoms with Crippen molar-refractivity contribution in [1.82, 2.24) is 20.2 Å². The Morgan fingerprint density at radius 1 is 1.11 bits per heavy atom. The Morgan fingerprint density at radius 2 is 1.71 bits per heavy atom. The number of hydrogen-bond donors (Lipinski definition) is 2. The molecule has 146 valence electrons. The minimum absolute atomic E-state index is 0.0780. The molecule has 0 spiro atoms. The number of nitrogens with one attached hydrogen (secondary N) is 1. The van der Waals surface area contributed by atoms with Crippen LogP contribution in [0.2, 0.25) is 10.0 Å². The molecule has 0 radical (unpaired) electrons. The largest absolute Gasteiger partial charge is 0.349 e. The lowest BCUT2D eigenvalue weighted by Gasteiger charge is -2.17. The highest BCUT2D eigenvalue weighted by atomic mass is 35.5. The molecule has 1 aromatic heterocycles. The summed E-state index contributed by atoms with van der Waals surface area (Å²) in [5.41, 5.74) is 1.81. The van der Waals surface area contributed by atoms with Gasteiger partial charge in [0.25, 0.3) is 0 Å². The summed E-state index contributed by atoms with van der Waals surface area (Å²) in [5, 5.41) is 13.0. The van der Waals surface area contributed by atoms with Crippen LogP contribution >= 0.6 is 35.0 Å². The van der Waals surface area contributed by atoms with Crippen LogP contribution in [0.15, 0.2) is 53.7 Å². The van der Waals surface area contributed by atoms with Crippen LogP contribution in [-0.4, -0.2) is 26.5 Å². The first kappa shape index (κ1) is 20.5. The van der Waals surface area contributed by atoms with Crippen LogP contribution < -0.4 is 11.2 Å². The third-order valence-corrected chi connectivity index (χ3v) is 5.56. The first-order chi connectivity index (χ1) is 13.5. The number of halogens is 2. The van der Waals surface area contributed by atoms with Crippen molar-refractivity contribution < 1.29 is 4.79 Å². The van der Waals surface area contributed by atoms with E-state index in [0.717, 1.165) is 17.5 Å². The van der Waals surface area contributed by atoms with Crippen LogP contribution in [0.25, 0.3) is 11.4 Å². The summed E-state index contributed by atoms with van der Waals surface area (Å²) in [6.07, 6.45) is 0.770. The van der Waals surface area contributed by atoms with Crippen molar-refractivity contribution in [2.24, 2.45) is 0 Å². The number of thioether (sulfide) groups is 1. The highest BCUT2D eigenvalue weighted by Gasteiger charge is 2.16. The normalized spacial score (nSPS) is 12.0. The van der Waals surface area contributed by atoms with Gasteiger partial charge >= 0.3 is 0 Å². The van der Waals surface area contributed by atoms with E-state index in [1.165, 1.54) is 16.4 Å². The average molecular weight is 436 g/mol. The van der Waals surface area contributed by atoms with Crippen molar-refractivity contribution in [3.05, 3.63) is 64.1 Å². The van der Waals surface area contributed by atoms with E-state index < -0.39 is 0 Å². The summed E-state index contributed by atoms with van der Waals surface area (Å²) in [4.78, 5) is 12.4. The molecule has 3 N–H and O–H groups in total. The third-order valence-electron chi connectivity index (χ3n) is 4.12. The van der Waals surface area contributed by atoms with E-state index in [0.29, 0.717) is 21.0 Å². The van der Waals surface area contributed by atoms with Crippen LogP contribution in [0.4, 0.5) is 0 Å². The van der Waals surface area contributed by atoms with Gasteiger partial charge in [0.2, 0.25) is 11.1 Å². The minimum Gasteiger partial charge on any atom is -0.349 e. The van der Waals surface area contributed by atoms with Gasteiger partial charge in [-0.2, -0.15) is 0 Å². The molecule has 28 heavy (non-hydrogen) atoms. The number of carbonyl (C=O) groups is 1. The molecule has 6 nitrogen and oxygen atoms in total. The molecule has 0 aliphatic carbocycles. The van der Waals surface area contributed by atoms with Crippen LogP contribution in [0.5, 0.6) is 0 Å². The predicted molar refractivity (Wildman–Crippen MR) is 114 cm³/mol. The number of nitrogen functional groups attached to an aromatic ring is 1. The molecule has 0 bridgehead atoms. The van der Waals surface area contributed by atoms with Crippen molar-refractivity contribution in [2.75, 3.05) is 11.6 Å². The second-order valence-corrected chi connectivity index (χ2v) is 7.87. The number of aromatic nitrogens is 3. The van der Waals surface area contributed by atoms with Crippen LogP contribution in [0.3, 0.4) is 0 Å². The van der Waals surface area contributed by atoms with E-state index in [9.17, 15) is 4.79 Å². The third kappa shape index (κ3) is 4.98. The average Bonchev–Trinajstić information content (AvgIpc) is 3.06. The minimum atomic E-state index is -0.108. The van der Waals surface area contributed by atoms with Crippen molar-refractivity contribution in [2.45, 2.75) is 24.5 Å². The van der Waals surface area contributed by atoms with E-state index in [4.69, 9.17) is 29.0 Å². The molecule has 1 amide bonds. The van der Waals surface area contributed by atoms with Crippen molar-refractivity contribution in [3.63, 3.8) is 0 Å². The van der Waals surface area contributed by atoms with Gasteiger partial charge in [-0.15, -0.1) is 10.2 Å². The van der Waals surface area contributed by atoms with E-state index in [-0.39, 0.29) is 17.7 Å². The molecule has 2 aromatic carbocycles. The summed E-state index contributed by atoms with van der Waals surface area (Å²) in [6, 6.07) is 14.5. The molecular formula is C19H19Cl2N5OS. The first-order valence-electron chi connectivity index (χ1n) is 8.62. The maximum Gasteiger partial charge on any atom is 0.230 e. The van der Waals surface area contributed by atoms with Gasteiger partial charge in [-0.05, 0) is 48.4 Å². The summed E-state index contributed by atoms with van der Waals surface area (Å²) < 4.78 is 1.37. The predicted octanol–water partition coefficient (Wildman–Crippen LogP) is 4.33. The number of nitrogens with two attached hydrogens (primary N) is 1. The Morgan fingerprint density at radius 3 is 2.32 bits per heavy atom. The molecule has 9 heteroatoms. The fourth-order valence-electron chi connectivity index (χ4n) is 2.65. The van der Waals surface area contributed by atoms with Gasteiger partial charge in [0.1, 0.15) is 0 Å². The quantitative estimate of drug-likeness (QED) is 0.426. The van der Waals surface area contributed by atoms with E-state index in [1.807, 2.05) is 43.3 Å². The SMILES string of the molecule is CCC(NC(=O)CSc1nnc(-c2ccc(Cl)cc2)n1N)c1ccc(Cl)cc1. The number of hydrogen-bond acceptors (Lipinski definition) is 5. The monoisotopic (exact) mass is 435 g/mol. The molecule has 0 saturated heterocycles. The summed E-state index contributed by atoms with van der Waals surface area (Å²) in [7, 11) is 0. The maximum atomic E-state index is 12.4. The maximum absolute atomic E-state index is 12.4. The fourth-order valence-corrected chi connectivity index (χ4v) is 3.57. The summed E-state index contributed by atoms with van der Waals surface area (Å²) in [5.74, 6) is 6.66. The fraction of sp³-hybridized carbons (Fsp3) is 0.211. The molecule has 1 atom stereocenters. The van der Waals surface area contributed by atoms with Gasteiger partial charge in [0.15, 0.2) is 5.82 Å². The zero-order valence-electron chi connectivity index (χ0n) is 15.1. The summed E-state index contributed by atoms with van der Waals surface area (Å²) in [6.45, 7) is 2.02. The van der Waals surface area contributed by atoms with Crippen molar-refractivity contribution in [3.8, 4) is 11.4 Å². The van der Waals surface area contributed by atoms with Crippen molar-refractivity contribution >= 4 is 40.9 Å². The van der Waals surface area contributed by atoms with Gasteiger partial charge in [0.05, 0.1) is 11.8 Å². The molecular weight excluding hydrogens is 417 g/mol. The topological polar surface area (TPSA) is 85.8 Å². The van der Waals surface area contributed by atoms with Crippen LogP contribution in [0, 0.1) is 0 Å². The molecule has 3 aromatic rings. The van der Waals surface area contributed by atoms with E-state index in [1.54, 1.807) is 12.1 Å². The zero-order chi connectivity index (χ0) is 20.1. The molecule has 1 heterocycles. The highest BCUT2D eigenvalue weighted by Crippen LogP contribution is 2.24. The Labute approximate surface area is 177 Å². The number of benzene rings is 2. The Balaban J connectivity index is 1.61. The Hall–Kier alpha value is -2.22. The highest BCUT2D eigenvalue weighted by molar-refractivity contribution is 7.99. The van der Waals surface area contributed by atoms with Crippen LogP contribution in [-0.2, 0) is 4.79 Å². The Kier molecular flexibility index (Phi) is 6.83. The van der Waals surface area contributed by atoms with Gasteiger partial charge in [0, 0.05) is 15.6 Å². The lowest BCUT2D eigenvalue weighted by atomic mass is 10.0. The van der Waals surface area contributed by atoms with Gasteiger partial charge in [-0.1, -0.05) is 54.0 Å². The number of amides is 1. The first-order valence-corrected chi connectivity index (χ1v) is 10.4. The number of carbonyl (C=O) groups excluding carboxylic acids is 1. The lowest BCUT2D eigenvalue weighted by Crippen LogP contribution is -2.29. The van der Waals surface area contributed by atoms with Crippen LogP contribution in [0.1, 0.15) is 24.9 Å². The zero-order valence-corrected chi connectivity index (χ0v) is 17.4. The molecule has 0 aliphatic heterocycles. The molecule has 1 unspecified atom stereocenters. The van der Waals surface area contributed by atoms with Gasteiger partial charge in [-0.25, -0.2) is 4.68 Å². The molecule has 3 rings (SSSR count). The smallest absolute Gasteiger partial charge is 0.230 e. The number of rotatable bonds is 7. The lowest BCUT2D eigenvalue weighted by molar-refractivity contribution is -0.119. The second kappa shape index (κ2) is 9.32. The molecule has 0 fully saturated rings. The van der Waals surface area contributed by atoms with Gasteiger partial charge < -0.3 is 11.2 Å². The second-order valence-electron chi connectivity index (χ2n) is 6.05. The number of nitrogens with zero attached hydrogens (tertiary/aromatic N) is 3. The van der Waals surface area contributed by atoms with E-state index >= 15 is 0 Å². The van der Waals surface area contributed by atoms with E-state index in [2.05, 4.69) is 15.5 Å². The van der Waals surface area contributed by atoms with Crippen molar-refractivity contribution in [1.29, 1.82) is 0 Å². The standard InChI is InChI=1S/C19H19Cl2N5OS/c1-2-16(12-3-7-14(20)8-4-12)23-17(27)11-28-19-25-24-18(26(19)22)13-5-9-15(21)10-6-13/h3-10,16H,2,11,22H2,1H3,(H,23,27). The summed E-state index contributed by atoms with van der Waals surface area (Å²) >= 11 is 13.1. The molecule has 0 saturated carbocycles.